The minimum absolute atomic E-state index is 0.0972. The van der Waals surface area contributed by atoms with Crippen molar-refractivity contribution in [1.82, 2.24) is 15.1 Å². The van der Waals surface area contributed by atoms with E-state index in [-0.39, 0.29) is 24.3 Å². The summed E-state index contributed by atoms with van der Waals surface area (Å²) in [4.78, 5) is 23.0. The zero-order valence-corrected chi connectivity index (χ0v) is 12.5. The zero-order chi connectivity index (χ0) is 15.3. The predicted octanol–water partition coefficient (Wildman–Crippen LogP) is 1.62. The van der Waals surface area contributed by atoms with Crippen LogP contribution in [0.2, 0.25) is 0 Å². The van der Waals surface area contributed by atoms with Crippen LogP contribution in [0, 0.1) is 5.92 Å². The van der Waals surface area contributed by atoms with E-state index in [2.05, 4.69) is 10.4 Å². The van der Waals surface area contributed by atoms with E-state index >= 15 is 0 Å². The van der Waals surface area contributed by atoms with Gasteiger partial charge < -0.3 is 10.4 Å². The molecule has 6 heteroatoms. The third-order valence-corrected chi connectivity index (χ3v) is 3.33. The Labute approximate surface area is 119 Å². The molecule has 0 aliphatic carbocycles. The fraction of sp³-hybridized carbons (Fsp3) is 0.643. The molecule has 0 saturated carbocycles. The largest absolute Gasteiger partial charge is 0.480 e. The maximum Gasteiger partial charge on any atom is 0.326 e. The Balaban J connectivity index is 2.63. The number of aromatic nitrogens is 2. The molecule has 2 N–H and O–H groups in total. The van der Waals surface area contributed by atoms with Crippen molar-refractivity contribution in [3.05, 3.63) is 18.0 Å². The first-order chi connectivity index (χ1) is 9.35. The average molecular weight is 281 g/mol. The maximum atomic E-state index is 11.9. The van der Waals surface area contributed by atoms with Crippen LogP contribution < -0.4 is 5.32 Å². The number of carbonyl (C=O) groups excluding carboxylic acids is 1. The Hall–Kier alpha value is -1.85. The molecule has 0 aliphatic heterocycles. The second-order valence-corrected chi connectivity index (χ2v) is 5.33. The lowest BCUT2D eigenvalue weighted by Crippen LogP contribution is -2.45. The highest BCUT2D eigenvalue weighted by Crippen LogP contribution is 2.09. The van der Waals surface area contributed by atoms with E-state index in [4.69, 9.17) is 5.11 Å². The standard InChI is InChI=1S/C14H23N3O3/c1-5-10(4)13(14(19)20)15-12(18)8-11-6-7-17(16-11)9(2)3/h6-7,9-10,13H,5,8H2,1-4H3,(H,15,18)(H,19,20)/t10-,13+/m0/s1. The van der Waals surface area contributed by atoms with E-state index in [1.165, 1.54) is 0 Å². The second kappa shape index (κ2) is 7.07. The smallest absolute Gasteiger partial charge is 0.326 e. The molecular formula is C14H23N3O3. The molecular weight excluding hydrogens is 258 g/mol. The van der Waals surface area contributed by atoms with Crippen LogP contribution in [0.1, 0.15) is 45.9 Å². The van der Waals surface area contributed by atoms with Gasteiger partial charge in [-0.15, -0.1) is 0 Å². The van der Waals surface area contributed by atoms with Crippen LogP contribution in [0.15, 0.2) is 12.3 Å². The van der Waals surface area contributed by atoms with Crippen LogP contribution in [0.3, 0.4) is 0 Å². The molecule has 20 heavy (non-hydrogen) atoms. The van der Waals surface area contributed by atoms with Crippen molar-refractivity contribution in [2.24, 2.45) is 5.92 Å². The Morgan fingerprint density at radius 3 is 2.50 bits per heavy atom. The molecule has 0 fully saturated rings. The highest BCUT2D eigenvalue weighted by Gasteiger charge is 2.25. The quantitative estimate of drug-likeness (QED) is 0.795. The molecule has 2 atom stereocenters. The van der Waals surface area contributed by atoms with Gasteiger partial charge in [0.1, 0.15) is 6.04 Å². The van der Waals surface area contributed by atoms with Crippen molar-refractivity contribution in [3.63, 3.8) is 0 Å². The van der Waals surface area contributed by atoms with Crippen LogP contribution in [-0.2, 0) is 16.0 Å². The Morgan fingerprint density at radius 2 is 2.05 bits per heavy atom. The van der Waals surface area contributed by atoms with Gasteiger partial charge in [-0.1, -0.05) is 20.3 Å². The molecule has 0 spiro atoms. The van der Waals surface area contributed by atoms with Crippen LogP contribution in [0.25, 0.3) is 0 Å². The molecule has 0 aliphatic rings. The van der Waals surface area contributed by atoms with E-state index in [0.717, 1.165) is 0 Å². The van der Waals surface area contributed by atoms with Gasteiger partial charge in [0.05, 0.1) is 12.1 Å². The number of amides is 1. The lowest BCUT2D eigenvalue weighted by atomic mass is 9.99. The third-order valence-electron chi connectivity index (χ3n) is 3.33. The molecule has 1 rings (SSSR count). The lowest BCUT2D eigenvalue weighted by molar-refractivity contribution is -0.143. The van der Waals surface area contributed by atoms with Crippen LogP contribution in [-0.4, -0.2) is 32.8 Å². The summed E-state index contributed by atoms with van der Waals surface area (Å²) in [6.45, 7) is 7.71. The summed E-state index contributed by atoms with van der Waals surface area (Å²) < 4.78 is 1.77. The predicted molar refractivity (Wildman–Crippen MR) is 75.3 cm³/mol. The van der Waals surface area contributed by atoms with E-state index in [0.29, 0.717) is 12.1 Å². The minimum Gasteiger partial charge on any atom is -0.480 e. The van der Waals surface area contributed by atoms with Crippen molar-refractivity contribution in [2.45, 2.75) is 52.6 Å². The van der Waals surface area contributed by atoms with Crippen LogP contribution in [0.5, 0.6) is 0 Å². The fourth-order valence-electron chi connectivity index (χ4n) is 1.83. The molecule has 0 unspecified atom stereocenters. The van der Waals surface area contributed by atoms with E-state index < -0.39 is 12.0 Å². The summed E-state index contributed by atoms with van der Waals surface area (Å²) in [5.74, 6) is -1.42. The molecule has 1 aromatic rings. The van der Waals surface area contributed by atoms with E-state index in [1.54, 1.807) is 10.7 Å². The first kappa shape index (κ1) is 16.2. The molecule has 0 radical (unpaired) electrons. The summed E-state index contributed by atoms with van der Waals surface area (Å²) in [7, 11) is 0. The van der Waals surface area contributed by atoms with Gasteiger partial charge in [-0.05, 0) is 25.8 Å². The molecule has 112 valence electrons. The van der Waals surface area contributed by atoms with Gasteiger partial charge in [0, 0.05) is 12.2 Å². The first-order valence-electron chi connectivity index (χ1n) is 6.91. The van der Waals surface area contributed by atoms with Gasteiger partial charge in [0.2, 0.25) is 5.91 Å². The fourth-order valence-corrected chi connectivity index (χ4v) is 1.83. The number of carboxylic acids is 1. The summed E-state index contributed by atoms with van der Waals surface area (Å²) >= 11 is 0. The zero-order valence-electron chi connectivity index (χ0n) is 12.5. The normalized spacial score (nSPS) is 14.1. The Kier molecular flexibility index (Phi) is 5.73. The van der Waals surface area contributed by atoms with Crippen molar-refractivity contribution in [2.75, 3.05) is 0 Å². The number of nitrogens with one attached hydrogen (secondary N) is 1. The van der Waals surface area contributed by atoms with Crippen molar-refractivity contribution in [1.29, 1.82) is 0 Å². The van der Waals surface area contributed by atoms with Gasteiger partial charge in [-0.25, -0.2) is 4.79 Å². The number of nitrogens with zero attached hydrogens (tertiary/aromatic N) is 2. The minimum atomic E-state index is -1.000. The second-order valence-electron chi connectivity index (χ2n) is 5.33. The van der Waals surface area contributed by atoms with Gasteiger partial charge >= 0.3 is 5.97 Å². The van der Waals surface area contributed by atoms with Crippen molar-refractivity contribution < 1.29 is 14.7 Å². The van der Waals surface area contributed by atoms with Crippen molar-refractivity contribution >= 4 is 11.9 Å². The molecule has 1 aromatic heterocycles. The summed E-state index contributed by atoms with van der Waals surface area (Å²) in [6, 6.07) is 1.16. The molecule has 6 nitrogen and oxygen atoms in total. The summed E-state index contributed by atoms with van der Waals surface area (Å²) in [6.07, 6.45) is 2.61. The first-order valence-corrected chi connectivity index (χ1v) is 6.91. The Bertz CT molecular complexity index is 468. The molecule has 0 saturated heterocycles. The average Bonchev–Trinajstić information content (AvgIpc) is 2.83. The number of carbonyl (C=O) groups is 2. The van der Waals surface area contributed by atoms with Crippen LogP contribution >= 0.6 is 0 Å². The number of hydrogen-bond donors (Lipinski definition) is 2. The number of rotatable bonds is 7. The lowest BCUT2D eigenvalue weighted by Gasteiger charge is -2.19. The van der Waals surface area contributed by atoms with Gasteiger partial charge in [0.15, 0.2) is 0 Å². The number of aliphatic carboxylic acids is 1. The third kappa shape index (κ3) is 4.36. The van der Waals surface area contributed by atoms with E-state index in [9.17, 15) is 9.59 Å². The summed E-state index contributed by atoms with van der Waals surface area (Å²) in [5, 5.41) is 16.0. The highest BCUT2D eigenvalue weighted by molar-refractivity contribution is 5.84. The van der Waals surface area contributed by atoms with Crippen molar-refractivity contribution in [3.8, 4) is 0 Å². The highest BCUT2D eigenvalue weighted by atomic mass is 16.4. The van der Waals surface area contributed by atoms with Gasteiger partial charge in [-0.3, -0.25) is 9.48 Å². The molecule has 0 bridgehead atoms. The molecule has 1 amide bonds. The SMILES string of the molecule is CC[C@H](C)[C@@H](NC(=O)Cc1ccn(C(C)C)n1)C(=O)O. The summed E-state index contributed by atoms with van der Waals surface area (Å²) in [5.41, 5.74) is 0.643. The number of carboxylic acid groups (broad SMARTS) is 1. The van der Waals surface area contributed by atoms with Gasteiger partial charge in [-0.2, -0.15) is 5.10 Å². The monoisotopic (exact) mass is 281 g/mol. The van der Waals surface area contributed by atoms with Crippen LogP contribution in [0.4, 0.5) is 0 Å². The number of hydrogen-bond acceptors (Lipinski definition) is 3. The maximum absolute atomic E-state index is 11.9. The topological polar surface area (TPSA) is 84.2 Å². The van der Waals surface area contributed by atoms with E-state index in [1.807, 2.05) is 33.9 Å². The molecule has 0 aromatic carbocycles. The molecule has 1 heterocycles. The Morgan fingerprint density at radius 1 is 1.40 bits per heavy atom. The van der Waals surface area contributed by atoms with Gasteiger partial charge in [0.25, 0.3) is 0 Å².